The van der Waals surface area contributed by atoms with E-state index < -0.39 is 18.4 Å². The first kappa shape index (κ1) is 9.28. The molecule has 2 unspecified atom stereocenters. The highest BCUT2D eigenvalue weighted by molar-refractivity contribution is 5.61. The molecule has 70 valence electrons. The molecule has 0 radical (unpaired) electrons. The van der Waals surface area contributed by atoms with Crippen LogP contribution in [-0.4, -0.2) is 43.3 Å². The zero-order valence-electron chi connectivity index (χ0n) is 6.86. The number of hydrogen-bond acceptors (Lipinski definition) is 5. The lowest BCUT2D eigenvalue weighted by molar-refractivity contribution is -0.0243. The predicted octanol–water partition coefficient (Wildman–Crippen LogP) is -0.0808. The Bertz CT molecular complexity index is 158. The predicted molar refractivity (Wildman–Crippen MR) is 38.7 cm³/mol. The van der Waals surface area contributed by atoms with Gasteiger partial charge in [-0.2, -0.15) is 0 Å². The average Bonchev–Trinajstić information content (AvgIpc) is 2.47. The summed E-state index contributed by atoms with van der Waals surface area (Å²) in [6.07, 6.45) is -2.10. The lowest BCUT2D eigenvalue weighted by atomic mass is 10.2. The van der Waals surface area contributed by atoms with Crippen LogP contribution in [-0.2, 0) is 14.2 Å². The minimum atomic E-state index is -0.795. The second kappa shape index (κ2) is 4.27. The molecule has 0 amide bonds. The summed E-state index contributed by atoms with van der Waals surface area (Å²) in [5.41, 5.74) is 0. The van der Waals surface area contributed by atoms with Gasteiger partial charge in [-0.3, -0.25) is 0 Å². The monoisotopic (exact) mass is 176 g/mol. The van der Waals surface area contributed by atoms with Crippen molar-refractivity contribution in [2.24, 2.45) is 0 Å². The first-order valence-corrected chi connectivity index (χ1v) is 3.83. The summed E-state index contributed by atoms with van der Waals surface area (Å²) in [5, 5.41) is 9.32. The molecule has 0 aromatic carbocycles. The summed E-state index contributed by atoms with van der Waals surface area (Å²) in [4.78, 5) is 10.4. The van der Waals surface area contributed by atoms with Gasteiger partial charge in [-0.05, 0) is 6.92 Å². The number of cyclic esters (lactones) is 2. The molecule has 0 aliphatic carbocycles. The van der Waals surface area contributed by atoms with Crippen molar-refractivity contribution in [3.63, 3.8) is 0 Å². The van der Waals surface area contributed by atoms with Crippen molar-refractivity contribution < 1.29 is 24.1 Å². The van der Waals surface area contributed by atoms with Crippen LogP contribution in [0.5, 0.6) is 0 Å². The maximum absolute atomic E-state index is 10.4. The van der Waals surface area contributed by atoms with Crippen LogP contribution in [0.1, 0.15) is 6.92 Å². The van der Waals surface area contributed by atoms with Gasteiger partial charge >= 0.3 is 6.16 Å². The van der Waals surface area contributed by atoms with Gasteiger partial charge in [0.25, 0.3) is 0 Å². The van der Waals surface area contributed by atoms with Crippen LogP contribution < -0.4 is 0 Å². The lowest BCUT2D eigenvalue weighted by Crippen LogP contribution is -2.32. The highest BCUT2D eigenvalue weighted by Gasteiger charge is 2.31. The Morgan fingerprint density at radius 1 is 1.83 bits per heavy atom. The fourth-order valence-electron chi connectivity index (χ4n) is 0.877. The Labute approximate surface area is 70.2 Å². The Morgan fingerprint density at radius 2 is 2.58 bits per heavy atom. The molecule has 1 fully saturated rings. The molecule has 1 aliphatic rings. The fraction of sp³-hybridized carbons (Fsp3) is 0.857. The first-order valence-electron chi connectivity index (χ1n) is 3.83. The van der Waals surface area contributed by atoms with E-state index in [0.717, 1.165) is 0 Å². The van der Waals surface area contributed by atoms with Crippen LogP contribution >= 0.6 is 0 Å². The molecule has 1 rings (SSSR count). The zero-order valence-corrected chi connectivity index (χ0v) is 6.86. The van der Waals surface area contributed by atoms with E-state index in [2.05, 4.69) is 9.47 Å². The summed E-state index contributed by atoms with van der Waals surface area (Å²) < 4.78 is 14.1. The number of aliphatic hydroxyl groups excluding tert-OH is 1. The van der Waals surface area contributed by atoms with Crippen LogP contribution in [0.4, 0.5) is 4.79 Å². The molecule has 1 N–H and O–H groups in total. The third kappa shape index (κ3) is 2.35. The Hall–Kier alpha value is -0.810. The van der Waals surface area contributed by atoms with Crippen molar-refractivity contribution in [1.29, 1.82) is 0 Å². The average molecular weight is 176 g/mol. The van der Waals surface area contributed by atoms with Gasteiger partial charge in [-0.1, -0.05) is 0 Å². The molecule has 2 atom stereocenters. The van der Waals surface area contributed by atoms with Crippen LogP contribution in [0.15, 0.2) is 0 Å². The van der Waals surface area contributed by atoms with Crippen LogP contribution in [0.25, 0.3) is 0 Å². The third-order valence-corrected chi connectivity index (χ3v) is 1.53. The highest BCUT2D eigenvalue weighted by Crippen LogP contribution is 2.10. The molecule has 1 heterocycles. The van der Waals surface area contributed by atoms with Crippen molar-refractivity contribution in [1.82, 2.24) is 0 Å². The van der Waals surface area contributed by atoms with E-state index in [1.807, 2.05) is 6.92 Å². The smallest absolute Gasteiger partial charge is 0.430 e. The Morgan fingerprint density at radius 3 is 3.08 bits per heavy atom. The molecule has 5 nitrogen and oxygen atoms in total. The summed E-state index contributed by atoms with van der Waals surface area (Å²) in [7, 11) is 0. The molecule has 0 saturated carbocycles. The molecular formula is C7H12O5. The van der Waals surface area contributed by atoms with Gasteiger partial charge in [0, 0.05) is 6.61 Å². The molecule has 5 heteroatoms. The minimum absolute atomic E-state index is 0.104. The Kier molecular flexibility index (Phi) is 3.31. The van der Waals surface area contributed by atoms with Crippen molar-refractivity contribution in [2.45, 2.75) is 19.1 Å². The van der Waals surface area contributed by atoms with Crippen molar-refractivity contribution in [3.8, 4) is 0 Å². The summed E-state index contributed by atoms with van der Waals surface area (Å²) in [5.74, 6) is 0. The lowest BCUT2D eigenvalue weighted by Gasteiger charge is -2.13. The number of carbonyl (C=O) groups is 1. The van der Waals surface area contributed by atoms with Gasteiger partial charge in [-0.15, -0.1) is 0 Å². The topological polar surface area (TPSA) is 65.0 Å². The molecule has 0 bridgehead atoms. The van der Waals surface area contributed by atoms with Crippen LogP contribution in [0, 0.1) is 0 Å². The van der Waals surface area contributed by atoms with Gasteiger partial charge in [0.2, 0.25) is 0 Å². The second-order valence-electron chi connectivity index (χ2n) is 2.44. The van der Waals surface area contributed by atoms with Gasteiger partial charge < -0.3 is 19.3 Å². The van der Waals surface area contributed by atoms with Crippen molar-refractivity contribution in [2.75, 3.05) is 19.8 Å². The molecule has 0 spiro atoms. The zero-order chi connectivity index (χ0) is 8.97. The highest BCUT2D eigenvalue weighted by atomic mass is 16.8. The van der Waals surface area contributed by atoms with Crippen molar-refractivity contribution >= 4 is 6.16 Å². The second-order valence-corrected chi connectivity index (χ2v) is 2.44. The number of ether oxygens (including phenoxy) is 3. The Balaban J connectivity index is 2.23. The van der Waals surface area contributed by atoms with E-state index in [4.69, 9.17) is 4.74 Å². The molecular weight excluding hydrogens is 164 g/mol. The van der Waals surface area contributed by atoms with Gasteiger partial charge in [0.1, 0.15) is 12.7 Å². The molecule has 1 saturated heterocycles. The molecule has 12 heavy (non-hydrogen) atoms. The van der Waals surface area contributed by atoms with Gasteiger partial charge in [-0.25, -0.2) is 4.79 Å². The number of rotatable bonds is 4. The van der Waals surface area contributed by atoms with Gasteiger partial charge in [0.05, 0.1) is 6.61 Å². The molecule has 1 aliphatic heterocycles. The standard InChI is InChI=1S/C7H12O5/c1-2-10-3-5(8)6-4-11-7(9)12-6/h5-6,8H,2-4H2,1H3. The number of aliphatic hydroxyl groups is 1. The van der Waals surface area contributed by atoms with E-state index in [1.165, 1.54) is 0 Å². The summed E-state index contributed by atoms with van der Waals surface area (Å²) >= 11 is 0. The van der Waals surface area contributed by atoms with E-state index >= 15 is 0 Å². The van der Waals surface area contributed by atoms with E-state index in [-0.39, 0.29) is 13.2 Å². The van der Waals surface area contributed by atoms with Crippen molar-refractivity contribution in [3.05, 3.63) is 0 Å². The molecule has 0 aromatic heterocycles. The SMILES string of the molecule is CCOCC(O)C1COC(=O)O1. The third-order valence-electron chi connectivity index (χ3n) is 1.53. The number of hydrogen-bond donors (Lipinski definition) is 1. The maximum atomic E-state index is 10.4. The quantitative estimate of drug-likeness (QED) is 0.607. The maximum Gasteiger partial charge on any atom is 0.508 e. The molecule has 0 aromatic rings. The first-order chi connectivity index (χ1) is 5.74. The van der Waals surface area contributed by atoms with Crippen LogP contribution in [0.2, 0.25) is 0 Å². The van der Waals surface area contributed by atoms with E-state index in [9.17, 15) is 9.90 Å². The minimum Gasteiger partial charge on any atom is -0.430 e. The van der Waals surface area contributed by atoms with E-state index in [1.54, 1.807) is 0 Å². The normalized spacial score (nSPS) is 24.8. The largest absolute Gasteiger partial charge is 0.508 e. The van der Waals surface area contributed by atoms with E-state index in [0.29, 0.717) is 6.61 Å². The summed E-state index contributed by atoms with van der Waals surface area (Å²) in [6.45, 7) is 2.62. The number of carbonyl (C=O) groups excluding carboxylic acids is 1. The fourth-order valence-corrected chi connectivity index (χ4v) is 0.877. The summed E-state index contributed by atoms with van der Waals surface area (Å²) in [6, 6.07) is 0. The van der Waals surface area contributed by atoms with Gasteiger partial charge in [0.15, 0.2) is 6.10 Å². The van der Waals surface area contributed by atoms with Crippen LogP contribution in [0.3, 0.4) is 0 Å².